The highest BCUT2D eigenvalue weighted by molar-refractivity contribution is 5.66. The van der Waals surface area contributed by atoms with E-state index in [1.165, 1.54) is 6.33 Å². The number of nitrogens with two attached hydrogens (primary N) is 1. The molecule has 0 saturated carbocycles. The molecule has 3 rings (SSSR count). The molecule has 1 aliphatic heterocycles. The average molecular weight is 424 g/mol. The van der Waals surface area contributed by atoms with Gasteiger partial charge in [-0.25, -0.2) is 9.50 Å². The molecule has 0 unspecified atom stereocenters. The van der Waals surface area contributed by atoms with Crippen molar-refractivity contribution in [3.05, 3.63) is 62.1 Å². The second-order valence-electron chi connectivity index (χ2n) is 7.62. The molecule has 8 heteroatoms. The predicted octanol–water partition coefficient (Wildman–Crippen LogP) is 3.18. The molecular formula is C23H29N5O3. The Morgan fingerprint density at radius 3 is 2.74 bits per heavy atom. The van der Waals surface area contributed by atoms with Crippen molar-refractivity contribution >= 4 is 11.3 Å². The Morgan fingerprint density at radius 2 is 2.06 bits per heavy atom. The van der Waals surface area contributed by atoms with E-state index in [0.717, 1.165) is 6.42 Å². The lowest BCUT2D eigenvalue weighted by Crippen LogP contribution is -2.52. The van der Waals surface area contributed by atoms with Crippen LogP contribution < -0.4 is 5.73 Å². The van der Waals surface area contributed by atoms with Crippen LogP contribution in [0.3, 0.4) is 0 Å². The third-order valence-corrected chi connectivity index (χ3v) is 5.88. The van der Waals surface area contributed by atoms with Crippen LogP contribution in [0.4, 0.5) is 5.82 Å². The fourth-order valence-electron chi connectivity index (χ4n) is 4.39. The van der Waals surface area contributed by atoms with Crippen LogP contribution in [0.2, 0.25) is 0 Å². The van der Waals surface area contributed by atoms with Crippen LogP contribution in [0.25, 0.3) is 5.52 Å². The maximum Gasteiger partial charge on any atom is 0.226 e. The summed E-state index contributed by atoms with van der Waals surface area (Å²) in [6, 6.07) is 5.98. The van der Waals surface area contributed by atoms with Gasteiger partial charge in [-0.05, 0) is 31.9 Å². The second-order valence-corrected chi connectivity index (χ2v) is 7.62. The van der Waals surface area contributed by atoms with Crippen molar-refractivity contribution in [1.29, 1.82) is 5.26 Å². The number of ether oxygens (including phenoxy) is 3. The van der Waals surface area contributed by atoms with Crippen molar-refractivity contribution in [2.45, 2.75) is 37.1 Å². The van der Waals surface area contributed by atoms with Crippen LogP contribution in [-0.2, 0) is 19.8 Å². The quantitative estimate of drug-likeness (QED) is 0.437. The predicted molar refractivity (Wildman–Crippen MR) is 118 cm³/mol. The molecule has 1 aliphatic rings. The smallest absolute Gasteiger partial charge is 0.226 e. The van der Waals surface area contributed by atoms with Gasteiger partial charge in [0, 0.05) is 5.92 Å². The summed E-state index contributed by atoms with van der Waals surface area (Å²) >= 11 is 0. The van der Waals surface area contributed by atoms with Gasteiger partial charge in [0.1, 0.15) is 23.5 Å². The minimum atomic E-state index is -1.46. The van der Waals surface area contributed by atoms with Crippen LogP contribution in [0, 0.1) is 17.2 Å². The van der Waals surface area contributed by atoms with Crippen LogP contribution in [-0.4, -0.2) is 46.1 Å². The summed E-state index contributed by atoms with van der Waals surface area (Å²) in [6.07, 6.45) is 7.61. The number of nitrogens with zero attached hydrogens (tertiary/aromatic N) is 4. The van der Waals surface area contributed by atoms with Gasteiger partial charge in [-0.2, -0.15) is 10.4 Å². The van der Waals surface area contributed by atoms with Crippen LogP contribution in [0.5, 0.6) is 0 Å². The van der Waals surface area contributed by atoms with E-state index >= 15 is 0 Å². The maximum atomic E-state index is 10.5. The number of nitrogen functional groups attached to an aromatic ring is 1. The van der Waals surface area contributed by atoms with E-state index in [0.29, 0.717) is 36.7 Å². The SMILES string of the molecule is C=CCC[C@@H]1[C@@H](COCC=C)O[C@@](C#N)(c2ccc3c(N)ncnn23)[C@]1(C)OCC=C. The van der Waals surface area contributed by atoms with Crippen molar-refractivity contribution < 1.29 is 14.2 Å². The van der Waals surface area contributed by atoms with Crippen molar-refractivity contribution in [3.63, 3.8) is 0 Å². The first-order valence-electron chi connectivity index (χ1n) is 10.2. The number of fused-ring (bicyclic) bond motifs is 1. The summed E-state index contributed by atoms with van der Waals surface area (Å²) in [5, 5.41) is 14.9. The minimum absolute atomic E-state index is 0.153. The highest BCUT2D eigenvalue weighted by Crippen LogP contribution is 2.54. The van der Waals surface area contributed by atoms with Gasteiger partial charge in [-0.3, -0.25) is 0 Å². The van der Waals surface area contributed by atoms with E-state index in [1.54, 1.807) is 28.8 Å². The zero-order chi connectivity index (χ0) is 22.5. The Balaban J connectivity index is 2.17. The third kappa shape index (κ3) is 3.76. The van der Waals surface area contributed by atoms with Crippen LogP contribution in [0.1, 0.15) is 25.5 Å². The monoisotopic (exact) mass is 423 g/mol. The van der Waals surface area contributed by atoms with Gasteiger partial charge >= 0.3 is 0 Å². The second kappa shape index (κ2) is 9.43. The molecule has 1 fully saturated rings. The fourth-order valence-corrected chi connectivity index (χ4v) is 4.39. The Labute approximate surface area is 182 Å². The molecule has 0 spiro atoms. The lowest BCUT2D eigenvalue weighted by atomic mass is 9.73. The van der Waals surface area contributed by atoms with Gasteiger partial charge in [0.2, 0.25) is 5.60 Å². The molecule has 4 atom stereocenters. The summed E-state index contributed by atoms with van der Waals surface area (Å²) in [6.45, 7) is 14.2. The average Bonchev–Trinajstić information content (AvgIpc) is 3.30. The molecule has 0 aromatic carbocycles. The molecule has 0 bridgehead atoms. The van der Waals surface area contributed by atoms with Crippen molar-refractivity contribution in [3.8, 4) is 6.07 Å². The van der Waals surface area contributed by atoms with Gasteiger partial charge in [0.25, 0.3) is 0 Å². The van der Waals surface area contributed by atoms with E-state index < -0.39 is 11.2 Å². The summed E-state index contributed by atoms with van der Waals surface area (Å²) < 4.78 is 20.2. The zero-order valence-electron chi connectivity index (χ0n) is 17.9. The molecular weight excluding hydrogens is 394 g/mol. The van der Waals surface area contributed by atoms with Crippen molar-refractivity contribution in [1.82, 2.24) is 14.6 Å². The highest BCUT2D eigenvalue weighted by Gasteiger charge is 2.66. The number of rotatable bonds is 11. The summed E-state index contributed by atoms with van der Waals surface area (Å²) in [7, 11) is 0. The molecule has 0 radical (unpaired) electrons. The summed E-state index contributed by atoms with van der Waals surface area (Å²) in [5.74, 6) is 0.162. The first-order chi connectivity index (χ1) is 15.0. The number of nitriles is 1. The van der Waals surface area contributed by atoms with Gasteiger partial charge in [0.05, 0.1) is 31.6 Å². The molecule has 2 aromatic rings. The lowest BCUT2D eigenvalue weighted by Gasteiger charge is -2.39. The van der Waals surface area contributed by atoms with Crippen LogP contribution >= 0.6 is 0 Å². The normalized spacial score (nSPS) is 27.7. The van der Waals surface area contributed by atoms with Crippen molar-refractivity contribution in [2.75, 3.05) is 25.6 Å². The molecule has 0 aliphatic carbocycles. The zero-order valence-corrected chi connectivity index (χ0v) is 17.9. The molecule has 2 aromatic heterocycles. The van der Waals surface area contributed by atoms with Gasteiger partial charge in [-0.1, -0.05) is 18.2 Å². The minimum Gasteiger partial charge on any atom is -0.382 e. The fraction of sp³-hybridized carbons (Fsp3) is 0.435. The highest BCUT2D eigenvalue weighted by atomic mass is 16.6. The number of allylic oxidation sites excluding steroid dienone is 1. The Hall–Kier alpha value is -2.99. The standard InChI is InChI=1S/C23H29N5O3/c1-5-8-9-17-19(14-29-12-6-2)31-23(15-24,22(17,4)30-13-7-3)20-11-10-18-21(25)26-16-27-28(18)20/h5-7,10-11,16-17,19H,1-3,8-9,12-14H2,4H3,(H2,25,26,27)/t17-,19-,22-,23+/m1/s1. The van der Waals surface area contributed by atoms with Gasteiger partial charge < -0.3 is 19.9 Å². The first-order valence-corrected chi connectivity index (χ1v) is 10.2. The largest absolute Gasteiger partial charge is 0.382 e. The van der Waals surface area contributed by atoms with Crippen LogP contribution in [0.15, 0.2) is 56.4 Å². The number of anilines is 1. The number of hydrogen-bond donors (Lipinski definition) is 1. The van der Waals surface area contributed by atoms with E-state index in [1.807, 2.05) is 13.0 Å². The third-order valence-electron chi connectivity index (χ3n) is 5.88. The molecule has 3 heterocycles. The van der Waals surface area contributed by atoms with E-state index in [9.17, 15) is 5.26 Å². The molecule has 164 valence electrons. The Kier molecular flexibility index (Phi) is 6.91. The summed E-state index contributed by atoms with van der Waals surface area (Å²) in [4.78, 5) is 4.04. The summed E-state index contributed by atoms with van der Waals surface area (Å²) in [5.41, 5.74) is 4.66. The molecule has 8 nitrogen and oxygen atoms in total. The first kappa shape index (κ1) is 22.7. The molecule has 0 amide bonds. The molecule has 31 heavy (non-hydrogen) atoms. The van der Waals surface area contributed by atoms with E-state index in [-0.39, 0.29) is 18.6 Å². The maximum absolute atomic E-state index is 10.5. The van der Waals surface area contributed by atoms with Gasteiger partial charge in [-0.15, -0.1) is 19.7 Å². The number of hydrogen-bond acceptors (Lipinski definition) is 7. The molecule has 2 N–H and O–H groups in total. The number of aromatic nitrogens is 3. The Bertz CT molecular complexity index is 997. The van der Waals surface area contributed by atoms with E-state index in [4.69, 9.17) is 19.9 Å². The van der Waals surface area contributed by atoms with Crippen molar-refractivity contribution in [2.24, 2.45) is 5.92 Å². The van der Waals surface area contributed by atoms with E-state index in [2.05, 4.69) is 35.9 Å². The lowest BCUT2D eigenvalue weighted by molar-refractivity contribution is -0.133. The topological polar surface area (TPSA) is 108 Å². The molecule has 1 saturated heterocycles. The Morgan fingerprint density at radius 1 is 1.29 bits per heavy atom. The van der Waals surface area contributed by atoms with Gasteiger partial charge in [0.15, 0.2) is 5.82 Å².